The van der Waals surface area contributed by atoms with Gasteiger partial charge in [-0.05, 0) is 12.8 Å². The van der Waals surface area contributed by atoms with Crippen molar-refractivity contribution in [1.29, 1.82) is 0 Å². The molecule has 82 valence electrons. The number of hydrogen-bond acceptors (Lipinski definition) is 2. The fourth-order valence-corrected chi connectivity index (χ4v) is 1.25. The Bertz CT molecular complexity index is 204. The number of rotatable bonds is 4. The van der Waals surface area contributed by atoms with Crippen LogP contribution < -0.4 is 0 Å². The average Bonchev–Trinajstić information content (AvgIpc) is 2.13. The molecule has 0 aromatic rings. The van der Waals surface area contributed by atoms with E-state index in [4.69, 9.17) is 0 Å². The molecule has 0 aliphatic carbocycles. The Kier molecular flexibility index (Phi) is 5.92. The first-order valence-electron chi connectivity index (χ1n) is 5.07. The average molecular weight is 200 g/mol. The van der Waals surface area contributed by atoms with Crippen LogP contribution in [0.1, 0.15) is 33.6 Å². The molecule has 0 bridgehead atoms. The first-order chi connectivity index (χ1) is 6.54. The van der Waals surface area contributed by atoms with E-state index >= 15 is 0 Å². The van der Waals surface area contributed by atoms with Crippen molar-refractivity contribution >= 4 is 11.9 Å². The number of urea groups is 1. The lowest BCUT2D eigenvalue weighted by Gasteiger charge is -2.25. The lowest BCUT2D eigenvalue weighted by molar-refractivity contribution is -0.126. The molecule has 3 amide bonds. The van der Waals surface area contributed by atoms with Crippen LogP contribution in [-0.2, 0) is 4.79 Å². The van der Waals surface area contributed by atoms with Crippen LogP contribution in [0, 0.1) is 0 Å². The summed E-state index contributed by atoms with van der Waals surface area (Å²) in [5.41, 5.74) is 0. The SMILES string of the molecule is CCCN(C)C(=O)N(CCC)C(C)=O. The van der Waals surface area contributed by atoms with Crippen LogP contribution in [0.25, 0.3) is 0 Å². The second-order valence-corrected chi connectivity index (χ2v) is 3.37. The molecule has 0 radical (unpaired) electrons. The van der Waals surface area contributed by atoms with E-state index in [2.05, 4.69) is 0 Å². The lowest BCUT2D eigenvalue weighted by Crippen LogP contribution is -2.44. The Morgan fingerprint density at radius 1 is 1.07 bits per heavy atom. The van der Waals surface area contributed by atoms with Crippen molar-refractivity contribution in [3.8, 4) is 0 Å². The summed E-state index contributed by atoms with van der Waals surface area (Å²) in [4.78, 5) is 25.7. The summed E-state index contributed by atoms with van der Waals surface area (Å²) in [7, 11) is 1.72. The number of nitrogens with zero attached hydrogens (tertiary/aromatic N) is 2. The summed E-state index contributed by atoms with van der Waals surface area (Å²) < 4.78 is 0. The van der Waals surface area contributed by atoms with Crippen LogP contribution in [0.2, 0.25) is 0 Å². The fourth-order valence-electron chi connectivity index (χ4n) is 1.25. The van der Waals surface area contributed by atoms with E-state index in [-0.39, 0.29) is 11.9 Å². The molecule has 0 rings (SSSR count). The van der Waals surface area contributed by atoms with Gasteiger partial charge in [-0.2, -0.15) is 0 Å². The van der Waals surface area contributed by atoms with Gasteiger partial charge >= 0.3 is 6.03 Å². The minimum Gasteiger partial charge on any atom is -0.327 e. The second-order valence-electron chi connectivity index (χ2n) is 3.37. The third-order valence-electron chi connectivity index (χ3n) is 1.94. The molecule has 0 aliphatic rings. The zero-order chi connectivity index (χ0) is 11.1. The van der Waals surface area contributed by atoms with E-state index in [0.717, 1.165) is 12.8 Å². The maximum Gasteiger partial charge on any atom is 0.326 e. The minimum absolute atomic E-state index is 0.181. The van der Waals surface area contributed by atoms with Gasteiger partial charge < -0.3 is 4.90 Å². The molecule has 0 fully saturated rings. The van der Waals surface area contributed by atoms with Gasteiger partial charge in [0.05, 0.1) is 0 Å². The smallest absolute Gasteiger partial charge is 0.326 e. The predicted octanol–water partition coefficient (Wildman–Crippen LogP) is 1.71. The number of amides is 3. The van der Waals surface area contributed by atoms with Crippen LogP contribution in [-0.4, -0.2) is 41.9 Å². The first kappa shape index (κ1) is 12.9. The third-order valence-corrected chi connectivity index (χ3v) is 1.94. The van der Waals surface area contributed by atoms with E-state index < -0.39 is 0 Å². The van der Waals surface area contributed by atoms with E-state index in [0.29, 0.717) is 13.1 Å². The molecule has 4 nitrogen and oxygen atoms in total. The van der Waals surface area contributed by atoms with Gasteiger partial charge in [-0.3, -0.25) is 9.69 Å². The summed E-state index contributed by atoms with van der Waals surface area (Å²) in [6.45, 7) is 6.56. The molecule has 0 saturated carbocycles. The maximum absolute atomic E-state index is 11.7. The van der Waals surface area contributed by atoms with Crippen LogP contribution in [0.15, 0.2) is 0 Å². The van der Waals surface area contributed by atoms with Gasteiger partial charge in [-0.25, -0.2) is 4.79 Å². The van der Waals surface area contributed by atoms with Crippen LogP contribution in [0.5, 0.6) is 0 Å². The number of carbonyl (C=O) groups is 2. The zero-order valence-corrected chi connectivity index (χ0v) is 9.54. The number of imide groups is 1. The van der Waals surface area contributed by atoms with Gasteiger partial charge in [0.1, 0.15) is 0 Å². The molecule has 0 N–H and O–H groups in total. The lowest BCUT2D eigenvalue weighted by atomic mass is 10.4. The molecule has 0 unspecified atom stereocenters. The molecule has 0 spiro atoms. The van der Waals surface area contributed by atoms with Gasteiger partial charge in [0.25, 0.3) is 0 Å². The standard InChI is InChI=1S/C10H20N2O2/c1-5-7-11(4)10(14)12(8-6-2)9(3)13/h5-8H2,1-4H3. The van der Waals surface area contributed by atoms with Crippen LogP contribution in [0.4, 0.5) is 4.79 Å². The van der Waals surface area contributed by atoms with E-state index in [9.17, 15) is 9.59 Å². The van der Waals surface area contributed by atoms with Crippen molar-refractivity contribution in [1.82, 2.24) is 9.80 Å². The van der Waals surface area contributed by atoms with Crippen molar-refractivity contribution < 1.29 is 9.59 Å². The molecule has 0 atom stereocenters. The van der Waals surface area contributed by atoms with Crippen LogP contribution in [0.3, 0.4) is 0 Å². The summed E-state index contributed by atoms with van der Waals surface area (Å²) >= 11 is 0. The van der Waals surface area contributed by atoms with Crippen molar-refractivity contribution in [3.05, 3.63) is 0 Å². The van der Waals surface area contributed by atoms with E-state index in [1.54, 1.807) is 11.9 Å². The normalized spacial score (nSPS) is 9.71. The van der Waals surface area contributed by atoms with Gasteiger partial charge in [0.2, 0.25) is 5.91 Å². The molecule has 0 aromatic heterocycles. The molecule has 0 heterocycles. The van der Waals surface area contributed by atoms with E-state index in [1.165, 1.54) is 11.8 Å². The third kappa shape index (κ3) is 3.77. The summed E-state index contributed by atoms with van der Waals surface area (Å²) in [5.74, 6) is -0.181. The fraction of sp³-hybridized carbons (Fsp3) is 0.800. The topological polar surface area (TPSA) is 40.6 Å². The molecule has 0 aliphatic heterocycles. The molecular weight excluding hydrogens is 180 g/mol. The van der Waals surface area contributed by atoms with E-state index in [1.807, 2.05) is 13.8 Å². The van der Waals surface area contributed by atoms with Crippen molar-refractivity contribution in [2.75, 3.05) is 20.1 Å². The summed E-state index contributed by atoms with van der Waals surface area (Å²) in [6.07, 6.45) is 1.70. The molecular formula is C10H20N2O2. The quantitative estimate of drug-likeness (QED) is 0.693. The van der Waals surface area contributed by atoms with Gasteiger partial charge in [-0.15, -0.1) is 0 Å². The highest BCUT2D eigenvalue weighted by Crippen LogP contribution is 2.00. The van der Waals surface area contributed by atoms with Crippen molar-refractivity contribution in [2.45, 2.75) is 33.6 Å². The Morgan fingerprint density at radius 2 is 1.57 bits per heavy atom. The molecule has 14 heavy (non-hydrogen) atoms. The molecule has 0 aromatic carbocycles. The van der Waals surface area contributed by atoms with Crippen molar-refractivity contribution in [2.24, 2.45) is 0 Å². The number of hydrogen-bond donors (Lipinski definition) is 0. The monoisotopic (exact) mass is 200 g/mol. The Balaban J connectivity index is 4.35. The maximum atomic E-state index is 11.7. The summed E-state index contributed by atoms with van der Waals surface area (Å²) in [6, 6.07) is -0.193. The van der Waals surface area contributed by atoms with Gasteiger partial charge in [-0.1, -0.05) is 13.8 Å². The Morgan fingerprint density at radius 3 is 1.93 bits per heavy atom. The highest BCUT2D eigenvalue weighted by Gasteiger charge is 2.19. The Hall–Kier alpha value is -1.06. The Labute approximate surface area is 85.9 Å². The van der Waals surface area contributed by atoms with Gasteiger partial charge in [0, 0.05) is 27.1 Å². The summed E-state index contributed by atoms with van der Waals surface area (Å²) in [5, 5.41) is 0. The highest BCUT2D eigenvalue weighted by molar-refractivity contribution is 5.93. The highest BCUT2D eigenvalue weighted by atomic mass is 16.2. The van der Waals surface area contributed by atoms with Crippen LogP contribution >= 0.6 is 0 Å². The zero-order valence-electron chi connectivity index (χ0n) is 9.54. The van der Waals surface area contributed by atoms with Gasteiger partial charge in [0.15, 0.2) is 0 Å². The number of carbonyl (C=O) groups excluding carboxylic acids is 2. The largest absolute Gasteiger partial charge is 0.327 e. The minimum atomic E-state index is -0.193. The molecule has 0 saturated heterocycles. The molecule has 4 heteroatoms. The predicted molar refractivity (Wildman–Crippen MR) is 56.0 cm³/mol. The van der Waals surface area contributed by atoms with Crippen molar-refractivity contribution in [3.63, 3.8) is 0 Å². The second kappa shape index (κ2) is 6.40. The first-order valence-corrected chi connectivity index (χ1v) is 5.07.